The van der Waals surface area contributed by atoms with Crippen molar-refractivity contribution in [3.63, 3.8) is 0 Å². The van der Waals surface area contributed by atoms with Gasteiger partial charge in [0.1, 0.15) is 0 Å². The molecule has 0 spiro atoms. The zero-order chi connectivity index (χ0) is 35.6. The number of nitrogens with one attached hydrogen (secondary N) is 4. The highest BCUT2D eigenvalue weighted by Crippen LogP contribution is 2.43. The molecule has 4 N–H and O–H groups in total. The molecule has 6 aromatic rings. The Morgan fingerprint density at radius 2 is 0.852 bits per heavy atom. The molecular weight excluding hydrogens is 665 g/mol. The van der Waals surface area contributed by atoms with Gasteiger partial charge in [-0.1, -0.05) is 6.08 Å². The van der Waals surface area contributed by atoms with Crippen LogP contribution in [0.15, 0.2) is 91.0 Å². The van der Waals surface area contributed by atoms with Crippen LogP contribution >= 0.6 is 0 Å². The summed E-state index contributed by atoms with van der Waals surface area (Å²) in [5, 5.41) is 0. The predicted molar refractivity (Wildman–Crippen MR) is 222 cm³/mol. The van der Waals surface area contributed by atoms with Crippen LogP contribution in [0.1, 0.15) is 81.9 Å². The zero-order valence-electron chi connectivity index (χ0n) is 29.3. The van der Waals surface area contributed by atoms with Crippen molar-refractivity contribution in [2.24, 2.45) is 0 Å². The molecule has 1 atom stereocenters. The van der Waals surface area contributed by atoms with E-state index < -0.39 is 0 Å². The van der Waals surface area contributed by atoms with Gasteiger partial charge in [-0.2, -0.15) is 0 Å². The van der Waals surface area contributed by atoms with E-state index in [2.05, 4.69) is 123 Å². The molecule has 258 valence electrons. The van der Waals surface area contributed by atoms with E-state index in [1.165, 1.54) is 16.7 Å². The average Bonchev–Trinajstić information content (AvgIpc) is 4.01. The van der Waals surface area contributed by atoms with Gasteiger partial charge in [0, 0.05) is 55.6 Å². The Bertz CT molecular complexity index is 3050. The van der Waals surface area contributed by atoms with Gasteiger partial charge in [0.2, 0.25) is 0 Å². The van der Waals surface area contributed by atoms with Crippen LogP contribution in [0.2, 0.25) is 0 Å². The van der Waals surface area contributed by atoms with E-state index in [-0.39, 0.29) is 5.92 Å². The van der Waals surface area contributed by atoms with Crippen molar-refractivity contribution < 1.29 is 0 Å². The topological polar surface area (TPSA) is 115 Å². The molecule has 6 aromatic heterocycles. The SMILES string of the molecule is C1=Cc2cc3ccc(cc4cc(C5=CCCCC5c5cc6cc7ccc(cc8nc(cc9nc(cc5[nH]6)C=C9)C=C8)[nH]7)c(cc5nc(cc1n2)C=C5)[nH]4)[nH]3. The number of nitrogens with zero attached hydrogens (tertiary/aromatic N) is 4. The molecule has 11 rings (SSSR count). The maximum Gasteiger partial charge on any atom is 0.0659 e. The highest BCUT2D eigenvalue weighted by atomic mass is 14.8. The first-order chi connectivity index (χ1) is 26.6. The average molecular weight is 699 g/mol. The zero-order valence-corrected chi connectivity index (χ0v) is 29.3. The lowest BCUT2D eigenvalue weighted by molar-refractivity contribution is 0.673. The fourth-order valence-electron chi connectivity index (χ4n) is 8.08. The second-order valence-electron chi connectivity index (χ2n) is 14.4. The van der Waals surface area contributed by atoms with E-state index >= 15 is 0 Å². The fraction of sp³-hybridized carbons (Fsp3) is 0.0870. The third kappa shape index (κ3) is 5.84. The maximum absolute atomic E-state index is 4.97. The molecule has 0 radical (unpaired) electrons. The van der Waals surface area contributed by atoms with E-state index in [4.69, 9.17) is 19.9 Å². The number of hydrogen-bond donors (Lipinski definition) is 4. The first-order valence-electron chi connectivity index (χ1n) is 18.5. The van der Waals surface area contributed by atoms with Crippen LogP contribution in [0, 0.1) is 0 Å². The third-order valence-corrected chi connectivity index (χ3v) is 10.5. The fourth-order valence-corrected chi connectivity index (χ4v) is 8.08. The largest absolute Gasteiger partial charge is 0.355 e. The first-order valence-corrected chi connectivity index (χ1v) is 18.5. The van der Waals surface area contributed by atoms with Gasteiger partial charge in [0.25, 0.3) is 0 Å². The van der Waals surface area contributed by atoms with E-state index in [1.807, 2.05) is 36.4 Å². The molecule has 1 unspecified atom stereocenters. The highest BCUT2D eigenvalue weighted by Gasteiger charge is 2.25. The van der Waals surface area contributed by atoms with Crippen LogP contribution in [0.25, 0.3) is 98.3 Å². The van der Waals surface area contributed by atoms with Crippen molar-refractivity contribution in [3.05, 3.63) is 148 Å². The Morgan fingerprint density at radius 3 is 1.41 bits per heavy atom. The minimum atomic E-state index is 0.163. The van der Waals surface area contributed by atoms with Gasteiger partial charge in [-0.05, 0) is 164 Å². The van der Waals surface area contributed by atoms with Crippen LogP contribution < -0.4 is 0 Å². The van der Waals surface area contributed by atoms with Gasteiger partial charge < -0.3 is 19.9 Å². The standard InChI is InChI=1S/C46H34N8/c1-2-4-42(44-24-40-22-36-12-10-32(50-36)18-28-6-8-30(48-28)20-34-14-16-38(52-34)26-46(44)54-40)41(3-1)43-23-39-21-35-11-9-31(49-35)17-27-5-7-29(47-27)19-33-13-15-37(51-33)25-45(43)53-39/h3,5-26,42,49-50,53-54H,1-2,4H2. The summed E-state index contributed by atoms with van der Waals surface area (Å²) >= 11 is 0. The van der Waals surface area contributed by atoms with Crippen molar-refractivity contribution in [1.82, 2.24) is 39.9 Å². The number of aromatic amines is 4. The molecule has 0 saturated carbocycles. The minimum Gasteiger partial charge on any atom is -0.355 e. The van der Waals surface area contributed by atoms with Gasteiger partial charge in [0.05, 0.1) is 45.6 Å². The number of H-pyrrole nitrogens is 4. The molecule has 4 aliphatic heterocycles. The summed E-state index contributed by atoms with van der Waals surface area (Å²) in [7, 11) is 0. The van der Waals surface area contributed by atoms with E-state index in [0.29, 0.717) is 0 Å². The molecule has 5 aliphatic rings. The lowest BCUT2D eigenvalue weighted by Crippen LogP contribution is -2.06. The van der Waals surface area contributed by atoms with Crippen LogP contribution in [0.5, 0.6) is 0 Å². The summed E-state index contributed by atoms with van der Waals surface area (Å²) in [5.74, 6) is 0.163. The number of aromatic nitrogens is 8. The summed E-state index contributed by atoms with van der Waals surface area (Å²) in [4.78, 5) is 34.2. The quantitative estimate of drug-likeness (QED) is 0.144. The molecule has 8 nitrogen and oxygen atoms in total. The van der Waals surface area contributed by atoms with Crippen LogP contribution in [-0.2, 0) is 0 Å². The van der Waals surface area contributed by atoms with E-state index in [9.17, 15) is 0 Å². The number of rotatable bonds is 2. The molecule has 8 heteroatoms. The molecule has 0 saturated heterocycles. The monoisotopic (exact) mass is 698 g/mol. The number of hydrogen-bond acceptors (Lipinski definition) is 4. The van der Waals surface area contributed by atoms with Crippen molar-refractivity contribution >= 4 is 98.3 Å². The smallest absolute Gasteiger partial charge is 0.0659 e. The molecule has 54 heavy (non-hydrogen) atoms. The second kappa shape index (κ2) is 12.3. The summed E-state index contributed by atoms with van der Waals surface area (Å²) in [6, 6.07) is 30.0. The molecular formula is C46H34N8. The summed E-state index contributed by atoms with van der Waals surface area (Å²) < 4.78 is 0. The highest BCUT2D eigenvalue weighted by molar-refractivity contribution is 5.90. The van der Waals surface area contributed by atoms with E-state index in [0.717, 1.165) is 109 Å². The number of allylic oxidation sites excluding steroid dienone is 2. The molecule has 1 aliphatic carbocycles. The second-order valence-corrected chi connectivity index (χ2v) is 14.4. The van der Waals surface area contributed by atoms with Crippen molar-refractivity contribution in [2.75, 3.05) is 0 Å². The normalized spacial score (nSPS) is 15.9. The molecule has 10 heterocycles. The molecule has 0 aromatic carbocycles. The molecule has 0 fully saturated rings. The molecule has 16 bridgehead atoms. The predicted octanol–water partition coefficient (Wildman–Crippen LogP) is 11.0. The van der Waals surface area contributed by atoms with Gasteiger partial charge >= 0.3 is 0 Å². The Hall–Kier alpha value is -7.06. The Morgan fingerprint density at radius 1 is 0.407 bits per heavy atom. The summed E-state index contributed by atoms with van der Waals surface area (Å²) in [5.41, 5.74) is 19.2. The summed E-state index contributed by atoms with van der Waals surface area (Å²) in [6.45, 7) is 0. The van der Waals surface area contributed by atoms with E-state index in [1.54, 1.807) is 0 Å². The van der Waals surface area contributed by atoms with Crippen molar-refractivity contribution in [1.29, 1.82) is 0 Å². The van der Waals surface area contributed by atoms with Crippen LogP contribution in [0.3, 0.4) is 0 Å². The molecule has 0 amide bonds. The lowest BCUT2D eigenvalue weighted by atomic mass is 9.79. The van der Waals surface area contributed by atoms with Crippen molar-refractivity contribution in [3.8, 4) is 0 Å². The van der Waals surface area contributed by atoms with Crippen molar-refractivity contribution in [2.45, 2.75) is 25.2 Å². The first kappa shape index (κ1) is 30.6. The Kier molecular flexibility index (Phi) is 6.95. The van der Waals surface area contributed by atoms with Gasteiger partial charge in [0.15, 0.2) is 0 Å². The maximum atomic E-state index is 4.97. The Labute approximate surface area is 310 Å². The van der Waals surface area contributed by atoms with Gasteiger partial charge in [-0.15, -0.1) is 0 Å². The third-order valence-electron chi connectivity index (χ3n) is 10.5. The van der Waals surface area contributed by atoms with Gasteiger partial charge in [-0.25, -0.2) is 19.9 Å². The van der Waals surface area contributed by atoms with Crippen LogP contribution in [-0.4, -0.2) is 39.9 Å². The minimum absolute atomic E-state index is 0.163. The van der Waals surface area contributed by atoms with Crippen LogP contribution in [0.4, 0.5) is 0 Å². The lowest BCUT2D eigenvalue weighted by Gasteiger charge is -2.24. The summed E-state index contributed by atoms with van der Waals surface area (Å²) in [6.07, 6.45) is 22.0. The van der Waals surface area contributed by atoms with Gasteiger partial charge in [-0.3, -0.25) is 0 Å². The Balaban J connectivity index is 1.11. The number of fused-ring (bicyclic) bond motifs is 16.